The average Bonchev–Trinajstić information content (AvgIpc) is 3.24. The van der Waals surface area contributed by atoms with E-state index in [1.807, 2.05) is 96.9 Å². The van der Waals surface area contributed by atoms with Crippen molar-refractivity contribution in [3.05, 3.63) is 0 Å². The highest BCUT2D eigenvalue weighted by molar-refractivity contribution is 5.89. The first-order valence-corrected chi connectivity index (χ1v) is 27.6. The predicted octanol–water partition coefficient (Wildman–Crippen LogP) is 15.2. The zero-order valence-electron chi connectivity index (χ0n) is 42.9. The minimum Gasteiger partial charge on any atom is -0.0683 e. The van der Waals surface area contributed by atoms with E-state index < -0.39 is 0 Å². The van der Waals surface area contributed by atoms with Gasteiger partial charge in [-0.3, -0.25) is 0 Å². The van der Waals surface area contributed by atoms with Gasteiger partial charge in [-0.2, -0.15) is 0 Å². The molecule has 0 heteroatoms. The number of rotatable bonds is 0. The molecule has 0 aromatic heterocycles. The van der Waals surface area contributed by atoms with Gasteiger partial charge in [0.1, 0.15) is 0 Å². The maximum atomic E-state index is 3.10. The normalized spacial score (nSPS) is 85.9. The first-order chi connectivity index (χ1) is 27.6. The Morgan fingerprint density at radius 1 is 0.259 bits per heavy atom. The van der Waals surface area contributed by atoms with Crippen molar-refractivity contribution >= 4 is 0 Å². The molecule has 20 aliphatic carbocycles. The number of hydrogen-bond acceptors (Lipinski definition) is 0. The van der Waals surface area contributed by atoms with Crippen molar-refractivity contribution in [2.24, 2.45) is 174 Å². The molecule has 0 nitrogen and oxygen atoms in total. The van der Waals surface area contributed by atoms with Gasteiger partial charge >= 0.3 is 0 Å². The number of hydrogen-bond donors (Lipinski definition) is 0. The van der Waals surface area contributed by atoms with Gasteiger partial charge in [0.25, 0.3) is 0 Å². The summed E-state index contributed by atoms with van der Waals surface area (Å²) in [7, 11) is 0. The smallest absolute Gasteiger partial charge is 0.00566 e. The van der Waals surface area contributed by atoms with E-state index in [0.717, 1.165) is 72.4 Å². The van der Waals surface area contributed by atoms with Crippen molar-refractivity contribution in [2.75, 3.05) is 0 Å². The molecule has 0 N–H and O–H groups in total. The summed E-state index contributed by atoms with van der Waals surface area (Å²) in [6.07, 6.45) is 3.35. The second-order valence-electron chi connectivity index (χ2n) is 25.8. The lowest BCUT2D eigenvalue weighted by Crippen LogP contribution is -3.42. The Kier molecular flexibility index (Phi) is 5.34. The summed E-state index contributed by atoms with van der Waals surface area (Å²) in [5, 5.41) is 0. The zero-order valence-corrected chi connectivity index (χ0v) is 42.9. The van der Waals surface area contributed by atoms with Gasteiger partial charge < -0.3 is 0 Å². The van der Waals surface area contributed by atoms with E-state index in [1.54, 1.807) is 12.8 Å². The van der Waals surface area contributed by atoms with Gasteiger partial charge in [0.05, 0.1) is 0 Å². The van der Waals surface area contributed by atoms with Gasteiger partial charge in [0, 0.05) is 0 Å². The van der Waals surface area contributed by atoms with Crippen molar-refractivity contribution in [3.8, 4) is 0 Å². The third-order valence-corrected chi connectivity index (χ3v) is 33.4. The maximum Gasteiger partial charge on any atom is -0.00566 e. The van der Waals surface area contributed by atoms with E-state index in [-0.39, 0.29) is 0 Å². The van der Waals surface area contributed by atoms with Crippen LogP contribution in [0.5, 0.6) is 0 Å². The second-order valence-corrected chi connectivity index (χ2v) is 25.8. The number of fused-ring (bicyclic) bond motifs is 16. The van der Waals surface area contributed by atoms with Crippen molar-refractivity contribution in [1.29, 1.82) is 0 Å². The molecule has 0 heterocycles. The summed E-state index contributed by atoms with van der Waals surface area (Å²) in [5.41, 5.74) is 13.4. The largest absolute Gasteiger partial charge is 0.0683 e. The van der Waals surface area contributed by atoms with E-state index in [9.17, 15) is 0 Å². The summed E-state index contributed by atoms with van der Waals surface area (Å²) in [4.78, 5) is 0. The molecule has 324 valence electrons. The maximum absolute atomic E-state index is 3.10. The Morgan fingerprint density at radius 2 is 0.466 bits per heavy atom. The van der Waals surface area contributed by atoms with Crippen LogP contribution in [0.2, 0.25) is 0 Å². The quantitative estimate of drug-likeness (QED) is 0.229. The van der Waals surface area contributed by atoms with Crippen LogP contribution < -0.4 is 0 Å². The fourth-order valence-corrected chi connectivity index (χ4v) is 37.3. The topological polar surface area (TPSA) is 0 Å². The van der Waals surface area contributed by atoms with Crippen LogP contribution in [0.15, 0.2) is 0 Å². The minimum atomic E-state index is 0.620. The SMILES string of the molecule is CC.CC.CC.CC.CC.CC.CC.CC1C2CC3C4C5C6C7C8C9C%10C%11CC%12C(C)C%13(C)C%12%11C%10%11C%13(C)C%10(C)C%12(C)C%13(C)C%14(C)C%15(C)C%16(C)C1(C)C23C4%16C5%15C6%14C7%13C8%12C9%10%11. The molecule has 28 unspecified atom stereocenters. The Bertz CT molecular complexity index is 1950. The van der Waals surface area contributed by atoms with Gasteiger partial charge in [0.2, 0.25) is 0 Å². The first kappa shape index (κ1) is 38.5. The molecule has 0 aromatic rings. The molecule has 0 bridgehead atoms. The zero-order chi connectivity index (χ0) is 42.9. The molecule has 58 heavy (non-hydrogen) atoms. The van der Waals surface area contributed by atoms with Crippen LogP contribution >= 0.6 is 0 Å². The Hall–Kier alpha value is 0. The lowest BCUT2D eigenvalue weighted by Gasteiger charge is -3.44. The molecule has 28 atom stereocenters. The molecule has 0 aliphatic heterocycles. The molecular weight excluding hydrogens is 697 g/mol. The first-order valence-electron chi connectivity index (χ1n) is 27.6. The molecular formula is C58H92. The van der Waals surface area contributed by atoms with Crippen molar-refractivity contribution in [2.45, 2.75) is 186 Å². The van der Waals surface area contributed by atoms with Crippen LogP contribution in [0.1, 0.15) is 186 Å². The lowest BCUT2D eigenvalue weighted by molar-refractivity contribution is -0.992. The van der Waals surface area contributed by atoms with Crippen LogP contribution in [0.3, 0.4) is 0 Å². The summed E-state index contributed by atoms with van der Waals surface area (Å²) in [5.74, 6) is 15.2. The van der Waals surface area contributed by atoms with Crippen molar-refractivity contribution < 1.29 is 0 Å². The molecule has 20 rings (SSSR count). The van der Waals surface area contributed by atoms with Gasteiger partial charge in [-0.05, 0) is 187 Å². The Morgan fingerprint density at radius 3 is 0.724 bits per heavy atom. The molecule has 0 aromatic carbocycles. The fourth-order valence-electron chi connectivity index (χ4n) is 37.3. The highest BCUT2D eigenvalue weighted by atomic mass is 15.5. The second kappa shape index (κ2) is 8.05. The summed E-state index contributed by atoms with van der Waals surface area (Å²) in [6.45, 7) is 60.8. The highest BCUT2D eigenvalue weighted by Crippen LogP contribution is 3.46. The van der Waals surface area contributed by atoms with E-state index >= 15 is 0 Å². The molecule has 9 spiro atoms. The molecule has 0 radical (unpaired) electrons. The molecule has 20 fully saturated rings. The molecule has 0 saturated heterocycles. The monoisotopic (exact) mass is 789 g/mol. The van der Waals surface area contributed by atoms with Gasteiger partial charge in [-0.1, -0.05) is 173 Å². The Labute approximate surface area is 358 Å². The van der Waals surface area contributed by atoms with Crippen LogP contribution in [0, 0.1) is 174 Å². The average molecular weight is 789 g/mol. The van der Waals surface area contributed by atoms with Crippen LogP contribution in [0.4, 0.5) is 0 Å². The van der Waals surface area contributed by atoms with E-state index in [1.165, 1.54) is 53.3 Å². The van der Waals surface area contributed by atoms with Gasteiger partial charge in [0.15, 0.2) is 0 Å². The van der Waals surface area contributed by atoms with Gasteiger partial charge in [-0.15, -0.1) is 0 Å². The van der Waals surface area contributed by atoms with Gasteiger partial charge in [-0.25, -0.2) is 0 Å². The minimum absolute atomic E-state index is 0.620. The standard InChI is InChI=1S/C44H50.7C2H6/c1-14-16-12-18-20-22-24-26-25-23-21-19-13-17-15(2)28(4)30(6)32(8)34(10)35(11)33(9)31(7)29(5)27(14,3)36(16,18)38(20,29)40(22,31)42(24,33)44(26,35)43(25,34)41(23,32)39(21,30)37(17,19)28;7*1-2/h14-26H,12-13H2,1-11H3;7*1-2H3. The third-order valence-electron chi connectivity index (χ3n) is 33.4. The summed E-state index contributed by atoms with van der Waals surface area (Å²) < 4.78 is 0. The van der Waals surface area contributed by atoms with Crippen LogP contribution in [0.25, 0.3) is 0 Å². The fraction of sp³-hybridized carbons (Fsp3) is 1.00. The summed E-state index contributed by atoms with van der Waals surface area (Å²) in [6, 6.07) is 0. The third kappa shape index (κ3) is 1.37. The van der Waals surface area contributed by atoms with Crippen molar-refractivity contribution in [1.82, 2.24) is 0 Å². The van der Waals surface area contributed by atoms with E-state index in [2.05, 4.69) is 76.2 Å². The summed E-state index contributed by atoms with van der Waals surface area (Å²) >= 11 is 0. The van der Waals surface area contributed by atoms with E-state index in [0.29, 0.717) is 48.7 Å². The lowest BCUT2D eigenvalue weighted by atomic mass is 8.58. The highest BCUT2D eigenvalue weighted by Gasteiger charge is 3.44. The molecule has 0 amide bonds. The van der Waals surface area contributed by atoms with Crippen LogP contribution in [-0.2, 0) is 0 Å². The van der Waals surface area contributed by atoms with E-state index in [4.69, 9.17) is 0 Å². The van der Waals surface area contributed by atoms with Crippen molar-refractivity contribution in [3.63, 3.8) is 0 Å². The molecule has 20 aliphatic rings. The Balaban J connectivity index is 0.000000231. The van der Waals surface area contributed by atoms with Crippen LogP contribution in [-0.4, -0.2) is 0 Å². The molecule has 20 saturated carbocycles. The predicted molar refractivity (Wildman–Crippen MR) is 240 cm³/mol.